The van der Waals surface area contributed by atoms with Crippen LogP contribution in [0.4, 0.5) is 5.82 Å². The molecule has 3 N–H and O–H groups in total. The number of nitrogens with two attached hydrogens (primary N) is 1. The molecule has 0 amide bonds. The van der Waals surface area contributed by atoms with E-state index in [1.54, 1.807) is 0 Å². The van der Waals surface area contributed by atoms with Gasteiger partial charge in [0.15, 0.2) is 0 Å². The van der Waals surface area contributed by atoms with Crippen LogP contribution in [-0.4, -0.2) is 29.8 Å². The summed E-state index contributed by atoms with van der Waals surface area (Å²) in [7, 11) is 0. The van der Waals surface area contributed by atoms with Crippen LogP contribution < -0.4 is 11.3 Å². The van der Waals surface area contributed by atoms with E-state index < -0.39 is 5.60 Å². The van der Waals surface area contributed by atoms with Gasteiger partial charge in [0.1, 0.15) is 17.2 Å². The molecule has 0 unspecified atom stereocenters. The van der Waals surface area contributed by atoms with E-state index in [0.29, 0.717) is 56.3 Å². The third kappa shape index (κ3) is 2.64. The van der Waals surface area contributed by atoms with Crippen LogP contribution in [0.5, 0.6) is 0 Å². The summed E-state index contributed by atoms with van der Waals surface area (Å²) in [6.45, 7) is 5.56. The summed E-state index contributed by atoms with van der Waals surface area (Å²) in [5, 5.41) is 0. The van der Waals surface area contributed by atoms with Gasteiger partial charge in [-0.1, -0.05) is 6.92 Å². The minimum Gasteiger partial charge on any atom is -0.383 e. The SMILES string of the molecule is CCOC1(c2nc(N)c(CC)c(=O)[nH]2)CCOCC1. The van der Waals surface area contributed by atoms with Crippen molar-refractivity contribution in [1.82, 2.24) is 9.97 Å². The van der Waals surface area contributed by atoms with Gasteiger partial charge in [0, 0.05) is 32.7 Å². The molecular weight excluding hydrogens is 246 g/mol. The van der Waals surface area contributed by atoms with Crippen molar-refractivity contribution in [3.8, 4) is 0 Å². The van der Waals surface area contributed by atoms with Gasteiger partial charge >= 0.3 is 0 Å². The summed E-state index contributed by atoms with van der Waals surface area (Å²) >= 11 is 0. The number of hydrogen-bond acceptors (Lipinski definition) is 5. The summed E-state index contributed by atoms with van der Waals surface area (Å²) in [5.41, 5.74) is 5.66. The third-order valence-electron chi connectivity index (χ3n) is 3.55. The number of hydrogen-bond donors (Lipinski definition) is 2. The Morgan fingerprint density at radius 3 is 2.63 bits per heavy atom. The van der Waals surface area contributed by atoms with Crippen LogP contribution in [0.25, 0.3) is 0 Å². The van der Waals surface area contributed by atoms with Crippen molar-refractivity contribution in [3.05, 3.63) is 21.7 Å². The van der Waals surface area contributed by atoms with Crippen molar-refractivity contribution >= 4 is 5.82 Å². The first-order valence-electron chi connectivity index (χ1n) is 6.74. The van der Waals surface area contributed by atoms with E-state index in [9.17, 15) is 4.79 Å². The normalized spacial score (nSPS) is 18.4. The van der Waals surface area contributed by atoms with E-state index in [1.165, 1.54) is 0 Å². The molecular formula is C13H21N3O3. The maximum absolute atomic E-state index is 12.0. The molecule has 0 bridgehead atoms. The quantitative estimate of drug-likeness (QED) is 0.848. The molecule has 1 aromatic heterocycles. The molecule has 0 spiro atoms. The van der Waals surface area contributed by atoms with Gasteiger partial charge in [-0.15, -0.1) is 0 Å². The van der Waals surface area contributed by atoms with Crippen molar-refractivity contribution in [1.29, 1.82) is 0 Å². The Bertz CT molecular complexity index is 487. The highest BCUT2D eigenvalue weighted by Crippen LogP contribution is 2.33. The molecule has 2 heterocycles. The highest BCUT2D eigenvalue weighted by molar-refractivity contribution is 5.38. The highest BCUT2D eigenvalue weighted by atomic mass is 16.5. The Labute approximate surface area is 112 Å². The summed E-state index contributed by atoms with van der Waals surface area (Å²) in [5.74, 6) is 0.823. The second kappa shape index (κ2) is 5.71. The molecule has 2 rings (SSSR count). The van der Waals surface area contributed by atoms with E-state index in [-0.39, 0.29) is 5.56 Å². The van der Waals surface area contributed by atoms with Gasteiger partial charge in [0.05, 0.1) is 5.56 Å². The van der Waals surface area contributed by atoms with Gasteiger partial charge in [-0.05, 0) is 13.3 Å². The average Bonchev–Trinajstić information content (AvgIpc) is 2.40. The van der Waals surface area contributed by atoms with Crippen molar-refractivity contribution in [2.45, 2.75) is 38.7 Å². The third-order valence-corrected chi connectivity index (χ3v) is 3.55. The second-order valence-corrected chi connectivity index (χ2v) is 4.67. The molecule has 1 aromatic rings. The first-order valence-corrected chi connectivity index (χ1v) is 6.74. The summed E-state index contributed by atoms with van der Waals surface area (Å²) in [6, 6.07) is 0. The smallest absolute Gasteiger partial charge is 0.256 e. The molecule has 0 aliphatic carbocycles. The number of nitrogens with zero attached hydrogens (tertiary/aromatic N) is 1. The number of anilines is 1. The van der Waals surface area contributed by atoms with Gasteiger partial charge < -0.3 is 20.2 Å². The number of nitrogens with one attached hydrogen (secondary N) is 1. The lowest BCUT2D eigenvalue weighted by Crippen LogP contribution is -2.40. The van der Waals surface area contributed by atoms with Crippen LogP contribution in [0.2, 0.25) is 0 Å². The van der Waals surface area contributed by atoms with E-state index in [4.69, 9.17) is 15.2 Å². The zero-order valence-electron chi connectivity index (χ0n) is 11.5. The molecule has 0 radical (unpaired) electrons. The number of aromatic nitrogens is 2. The van der Waals surface area contributed by atoms with Crippen molar-refractivity contribution < 1.29 is 9.47 Å². The van der Waals surface area contributed by atoms with Crippen LogP contribution in [0.1, 0.15) is 38.1 Å². The summed E-state index contributed by atoms with van der Waals surface area (Å²) in [6.07, 6.45) is 1.92. The van der Waals surface area contributed by atoms with E-state index in [1.807, 2.05) is 13.8 Å². The minimum absolute atomic E-state index is 0.171. The molecule has 0 atom stereocenters. The lowest BCUT2D eigenvalue weighted by Gasteiger charge is -2.35. The highest BCUT2D eigenvalue weighted by Gasteiger charge is 2.38. The Morgan fingerprint density at radius 2 is 2.11 bits per heavy atom. The predicted octanol–water partition coefficient (Wildman–Crippen LogP) is 0.957. The molecule has 1 aliphatic rings. The molecule has 0 aromatic carbocycles. The number of nitrogen functional groups attached to an aromatic ring is 1. The monoisotopic (exact) mass is 267 g/mol. The number of rotatable bonds is 4. The Balaban J connectivity index is 2.45. The van der Waals surface area contributed by atoms with Crippen molar-refractivity contribution in [2.75, 3.05) is 25.6 Å². The van der Waals surface area contributed by atoms with Crippen molar-refractivity contribution in [3.63, 3.8) is 0 Å². The number of ether oxygens (including phenoxy) is 2. The lowest BCUT2D eigenvalue weighted by molar-refractivity contribution is -0.117. The molecule has 0 saturated carbocycles. The molecule has 1 saturated heterocycles. The first-order chi connectivity index (χ1) is 9.13. The van der Waals surface area contributed by atoms with Crippen molar-refractivity contribution in [2.24, 2.45) is 0 Å². The Morgan fingerprint density at radius 1 is 1.42 bits per heavy atom. The molecule has 1 fully saturated rings. The lowest BCUT2D eigenvalue weighted by atomic mass is 9.92. The Kier molecular flexibility index (Phi) is 4.21. The van der Waals surface area contributed by atoms with Crippen LogP contribution in [0, 0.1) is 0 Å². The largest absolute Gasteiger partial charge is 0.383 e. The average molecular weight is 267 g/mol. The van der Waals surface area contributed by atoms with Gasteiger partial charge in [-0.3, -0.25) is 4.79 Å². The number of H-pyrrole nitrogens is 1. The van der Waals surface area contributed by atoms with E-state index >= 15 is 0 Å². The minimum atomic E-state index is -0.577. The van der Waals surface area contributed by atoms with Crippen LogP contribution >= 0.6 is 0 Å². The molecule has 19 heavy (non-hydrogen) atoms. The maximum Gasteiger partial charge on any atom is 0.256 e. The topological polar surface area (TPSA) is 90.2 Å². The number of aromatic amines is 1. The van der Waals surface area contributed by atoms with Gasteiger partial charge in [0.2, 0.25) is 0 Å². The predicted molar refractivity (Wildman–Crippen MR) is 72.0 cm³/mol. The molecule has 6 heteroatoms. The van der Waals surface area contributed by atoms with Crippen LogP contribution in [0.3, 0.4) is 0 Å². The van der Waals surface area contributed by atoms with Gasteiger partial charge in [-0.25, -0.2) is 4.98 Å². The molecule has 106 valence electrons. The van der Waals surface area contributed by atoms with Gasteiger partial charge in [0.25, 0.3) is 5.56 Å². The standard InChI is InChI=1S/C13H21N3O3/c1-3-9-10(14)15-12(16-11(9)17)13(19-4-2)5-7-18-8-6-13/h3-8H2,1-2H3,(H3,14,15,16,17). The van der Waals surface area contributed by atoms with Crippen LogP contribution in [0.15, 0.2) is 4.79 Å². The molecule has 1 aliphatic heterocycles. The second-order valence-electron chi connectivity index (χ2n) is 4.67. The fourth-order valence-corrected chi connectivity index (χ4v) is 2.50. The maximum atomic E-state index is 12.0. The fourth-order valence-electron chi connectivity index (χ4n) is 2.50. The zero-order valence-corrected chi connectivity index (χ0v) is 11.5. The van der Waals surface area contributed by atoms with E-state index in [2.05, 4.69) is 9.97 Å². The summed E-state index contributed by atoms with van der Waals surface area (Å²) in [4.78, 5) is 19.2. The summed E-state index contributed by atoms with van der Waals surface area (Å²) < 4.78 is 11.2. The zero-order chi connectivity index (χ0) is 13.9. The molecule has 6 nitrogen and oxygen atoms in total. The fraction of sp³-hybridized carbons (Fsp3) is 0.692. The first kappa shape index (κ1) is 14.0. The van der Waals surface area contributed by atoms with Crippen LogP contribution in [-0.2, 0) is 21.5 Å². The van der Waals surface area contributed by atoms with Gasteiger partial charge in [-0.2, -0.15) is 0 Å². The van der Waals surface area contributed by atoms with E-state index in [0.717, 1.165) is 0 Å². The Hall–Kier alpha value is -1.40.